The first kappa shape index (κ1) is 19.7. The van der Waals surface area contributed by atoms with Crippen molar-refractivity contribution in [3.63, 3.8) is 0 Å². The molecule has 0 unspecified atom stereocenters. The molecule has 138 valence electrons. The molecule has 0 radical (unpaired) electrons. The van der Waals surface area contributed by atoms with Crippen LogP contribution < -0.4 is 16.0 Å². The maximum absolute atomic E-state index is 13.1. The van der Waals surface area contributed by atoms with Crippen molar-refractivity contribution in [1.82, 2.24) is 0 Å². The first-order valence-electron chi connectivity index (χ1n) is 8.23. The van der Waals surface area contributed by atoms with Gasteiger partial charge in [-0.3, -0.25) is 5.32 Å². The van der Waals surface area contributed by atoms with Gasteiger partial charge in [0.05, 0.1) is 17.9 Å². The third kappa shape index (κ3) is 5.98. The highest BCUT2D eigenvalue weighted by Gasteiger charge is 2.11. The Labute approximate surface area is 158 Å². The molecule has 0 aliphatic carbocycles. The number of hydrogen-bond donors (Lipinski definition) is 2. The fourth-order valence-electron chi connectivity index (χ4n) is 2.37. The minimum atomic E-state index is -0.628. The van der Waals surface area contributed by atoms with Gasteiger partial charge in [0.1, 0.15) is 12.4 Å². The lowest BCUT2D eigenvalue weighted by molar-refractivity contribution is 0.164. The number of benzene rings is 2. The molecule has 3 N–H and O–H groups in total. The number of nitrogens with zero attached hydrogens (tertiary/aromatic N) is 1. The zero-order valence-electron chi connectivity index (χ0n) is 14.7. The Balaban J connectivity index is 2.10. The number of anilines is 3. The van der Waals surface area contributed by atoms with Gasteiger partial charge in [-0.2, -0.15) is 0 Å². The van der Waals surface area contributed by atoms with Gasteiger partial charge in [-0.1, -0.05) is 18.1 Å². The van der Waals surface area contributed by atoms with Gasteiger partial charge in [0.25, 0.3) is 0 Å². The first-order chi connectivity index (χ1) is 13.0. The smallest absolute Gasteiger partial charge is 0.411 e. The summed E-state index contributed by atoms with van der Waals surface area (Å²) in [5, 5.41) is 2.57. The van der Waals surface area contributed by atoms with Crippen LogP contribution in [-0.2, 0) is 11.3 Å². The van der Waals surface area contributed by atoms with E-state index in [2.05, 4.69) is 17.2 Å². The topological polar surface area (TPSA) is 67.6 Å². The van der Waals surface area contributed by atoms with E-state index in [4.69, 9.17) is 23.3 Å². The number of hydrogen-bond acceptors (Lipinski definition) is 4. The Bertz CT molecular complexity index is 866. The van der Waals surface area contributed by atoms with E-state index in [0.29, 0.717) is 30.9 Å². The summed E-state index contributed by atoms with van der Waals surface area (Å²) in [6, 6.07) is 11.4. The van der Waals surface area contributed by atoms with E-state index in [1.54, 1.807) is 30.3 Å². The van der Waals surface area contributed by atoms with Gasteiger partial charge in [-0.25, -0.2) is 9.18 Å². The molecule has 0 heterocycles. The number of ether oxygens (including phenoxy) is 1. The van der Waals surface area contributed by atoms with Crippen molar-refractivity contribution >= 4 is 23.2 Å². The molecule has 0 atom stereocenters. The second kappa shape index (κ2) is 9.74. The zero-order valence-corrected chi connectivity index (χ0v) is 14.7. The summed E-state index contributed by atoms with van der Waals surface area (Å²) in [6.07, 6.45) is 10.3. The Kier molecular flexibility index (Phi) is 7.10. The lowest BCUT2D eigenvalue weighted by atomic mass is 10.1. The van der Waals surface area contributed by atoms with Gasteiger partial charge in [0, 0.05) is 18.7 Å². The van der Waals surface area contributed by atoms with Crippen molar-refractivity contribution < 1.29 is 13.9 Å². The predicted molar refractivity (Wildman–Crippen MR) is 106 cm³/mol. The van der Waals surface area contributed by atoms with Gasteiger partial charge in [-0.05, 0) is 35.9 Å². The highest BCUT2D eigenvalue weighted by Crippen LogP contribution is 2.26. The Hall–Kier alpha value is -3.64. The number of nitrogens with one attached hydrogen (secondary N) is 1. The third-order valence-electron chi connectivity index (χ3n) is 3.69. The van der Waals surface area contributed by atoms with E-state index in [0.717, 1.165) is 11.3 Å². The highest BCUT2D eigenvalue weighted by molar-refractivity contribution is 5.89. The molecule has 0 fully saturated rings. The van der Waals surface area contributed by atoms with Crippen LogP contribution in [-0.4, -0.2) is 19.2 Å². The molecule has 0 aliphatic heterocycles. The number of carbonyl (C=O) groups is 1. The number of terminal acetylenes is 2. The van der Waals surface area contributed by atoms with Gasteiger partial charge in [-0.15, -0.1) is 18.8 Å². The molecule has 0 saturated carbocycles. The normalized spacial score (nSPS) is 9.74. The zero-order chi connectivity index (χ0) is 19.6. The highest BCUT2D eigenvalue weighted by atomic mass is 19.1. The van der Waals surface area contributed by atoms with Crippen molar-refractivity contribution in [1.29, 1.82) is 0 Å². The van der Waals surface area contributed by atoms with E-state index >= 15 is 0 Å². The summed E-state index contributed by atoms with van der Waals surface area (Å²) in [6.45, 7) is 0.969. The SMILES string of the molecule is C#CCCOC(=O)Nc1ccc(N(CC#C)Cc2ccc(F)cc2)cc1N. The second-order valence-corrected chi connectivity index (χ2v) is 5.67. The molecule has 2 rings (SSSR count). The molecule has 0 spiro atoms. The van der Waals surface area contributed by atoms with E-state index in [1.165, 1.54) is 12.1 Å². The minimum absolute atomic E-state index is 0.133. The van der Waals surface area contributed by atoms with E-state index in [1.807, 2.05) is 4.90 Å². The minimum Gasteiger partial charge on any atom is -0.448 e. The molecule has 5 nitrogen and oxygen atoms in total. The monoisotopic (exact) mass is 365 g/mol. The number of nitrogens with two attached hydrogens (primary N) is 1. The fourth-order valence-corrected chi connectivity index (χ4v) is 2.37. The van der Waals surface area contributed by atoms with Crippen LogP contribution in [0.3, 0.4) is 0 Å². The molecule has 6 heteroatoms. The number of carbonyl (C=O) groups excluding carboxylic acids is 1. The predicted octanol–water partition coefficient (Wildman–Crippen LogP) is 3.62. The van der Waals surface area contributed by atoms with E-state index < -0.39 is 6.09 Å². The molecule has 0 bridgehead atoms. The van der Waals surface area contributed by atoms with Crippen LogP contribution in [0.5, 0.6) is 0 Å². The van der Waals surface area contributed by atoms with Gasteiger partial charge in [0.15, 0.2) is 0 Å². The Morgan fingerprint density at radius 1 is 1.19 bits per heavy atom. The summed E-state index contributed by atoms with van der Waals surface area (Å²) >= 11 is 0. The van der Waals surface area contributed by atoms with Gasteiger partial charge in [0.2, 0.25) is 0 Å². The van der Waals surface area contributed by atoms with Crippen molar-refractivity contribution in [2.45, 2.75) is 13.0 Å². The van der Waals surface area contributed by atoms with Crippen molar-refractivity contribution in [2.24, 2.45) is 0 Å². The standard InChI is InChI=1S/C21H20FN3O2/c1-3-5-13-27-21(26)24-20-11-10-18(14-19(20)23)25(12-4-2)15-16-6-8-17(22)9-7-16/h1-2,6-11,14H,5,12-13,15,23H2,(H,24,26). The van der Waals surface area contributed by atoms with Crippen molar-refractivity contribution in [2.75, 3.05) is 29.1 Å². The summed E-state index contributed by atoms with van der Waals surface area (Å²) in [7, 11) is 0. The molecule has 0 aromatic heterocycles. The van der Waals surface area contributed by atoms with Gasteiger partial charge < -0.3 is 15.4 Å². The molecule has 2 aromatic carbocycles. The lowest BCUT2D eigenvalue weighted by Crippen LogP contribution is -2.23. The quantitative estimate of drug-likeness (QED) is 0.447. The maximum Gasteiger partial charge on any atom is 0.411 e. The average molecular weight is 365 g/mol. The molecular weight excluding hydrogens is 345 g/mol. The maximum atomic E-state index is 13.1. The summed E-state index contributed by atoms with van der Waals surface area (Å²) in [4.78, 5) is 13.6. The molecule has 27 heavy (non-hydrogen) atoms. The van der Waals surface area contributed by atoms with Crippen LogP contribution in [0.1, 0.15) is 12.0 Å². The fraction of sp³-hybridized carbons (Fsp3) is 0.190. The molecule has 1 amide bonds. The third-order valence-corrected chi connectivity index (χ3v) is 3.69. The van der Waals surface area contributed by atoms with Crippen LogP contribution in [0.4, 0.5) is 26.2 Å². The number of rotatable bonds is 7. The first-order valence-corrected chi connectivity index (χ1v) is 8.23. The molecular formula is C21H20FN3O2. The molecule has 2 aromatic rings. The van der Waals surface area contributed by atoms with Gasteiger partial charge >= 0.3 is 6.09 Å². The number of amides is 1. The van der Waals surface area contributed by atoms with Crippen LogP contribution in [0.2, 0.25) is 0 Å². The Morgan fingerprint density at radius 2 is 1.93 bits per heavy atom. The van der Waals surface area contributed by atoms with Crippen LogP contribution in [0.25, 0.3) is 0 Å². The largest absolute Gasteiger partial charge is 0.448 e. The van der Waals surface area contributed by atoms with Crippen LogP contribution in [0, 0.1) is 30.5 Å². The van der Waals surface area contributed by atoms with Crippen molar-refractivity contribution in [3.8, 4) is 24.7 Å². The summed E-state index contributed by atoms with van der Waals surface area (Å²) in [5.74, 6) is 4.68. The van der Waals surface area contributed by atoms with Crippen LogP contribution in [0.15, 0.2) is 42.5 Å². The number of nitrogen functional groups attached to an aromatic ring is 1. The second-order valence-electron chi connectivity index (χ2n) is 5.67. The van der Waals surface area contributed by atoms with Crippen molar-refractivity contribution in [3.05, 3.63) is 53.8 Å². The lowest BCUT2D eigenvalue weighted by Gasteiger charge is -2.23. The van der Waals surface area contributed by atoms with E-state index in [9.17, 15) is 9.18 Å². The summed E-state index contributed by atoms with van der Waals surface area (Å²) < 4.78 is 18.0. The average Bonchev–Trinajstić information content (AvgIpc) is 2.65. The van der Waals surface area contributed by atoms with Crippen LogP contribution >= 0.6 is 0 Å². The number of halogens is 1. The summed E-state index contributed by atoms with van der Waals surface area (Å²) in [5.41, 5.74) is 8.51. The molecule has 0 saturated heterocycles. The Morgan fingerprint density at radius 3 is 2.56 bits per heavy atom. The van der Waals surface area contributed by atoms with E-state index in [-0.39, 0.29) is 12.4 Å². The molecule has 0 aliphatic rings.